The zero-order valence-electron chi connectivity index (χ0n) is 24.6. The third kappa shape index (κ3) is 5.49. The van der Waals surface area contributed by atoms with E-state index in [4.69, 9.17) is 20.9 Å². The molecule has 1 aliphatic rings. The number of pyridine rings is 2. The molecule has 0 spiro atoms. The zero-order valence-corrected chi connectivity index (χ0v) is 24.6. The number of esters is 2. The molecule has 5 rings (SSSR count). The number of hydrogen-bond acceptors (Lipinski definition) is 8. The molecule has 0 unspecified atom stereocenters. The Labute approximate surface area is 244 Å². The molecular formula is C32H38FN5O4. The molecule has 0 radical (unpaired) electrons. The maximum Gasteiger partial charge on any atom is 0.308 e. The summed E-state index contributed by atoms with van der Waals surface area (Å²) < 4.78 is 29.2. The van der Waals surface area contributed by atoms with Crippen LogP contribution >= 0.6 is 0 Å². The Kier molecular flexibility index (Phi) is 7.83. The Morgan fingerprint density at radius 2 is 1.79 bits per heavy atom. The van der Waals surface area contributed by atoms with Gasteiger partial charge < -0.3 is 25.5 Å². The average molecular weight is 576 g/mol. The molecule has 3 heterocycles. The lowest BCUT2D eigenvalue weighted by Crippen LogP contribution is -2.43. The van der Waals surface area contributed by atoms with Gasteiger partial charge in [-0.15, -0.1) is 0 Å². The molecule has 9 nitrogen and oxygen atoms in total. The van der Waals surface area contributed by atoms with Crippen molar-refractivity contribution in [3.05, 3.63) is 60.2 Å². The summed E-state index contributed by atoms with van der Waals surface area (Å²) in [4.78, 5) is 34.4. The minimum absolute atomic E-state index is 0.206. The Bertz CT molecular complexity index is 1650. The molecule has 4 aromatic rings. The van der Waals surface area contributed by atoms with Crippen LogP contribution in [-0.4, -0.2) is 38.7 Å². The Morgan fingerprint density at radius 1 is 1.07 bits per heavy atom. The fraction of sp³-hybridized carbons (Fsp3) is 0.438. The zero-order chi connectivity index (χ0) is 30.3. The molecule has 1 saturated carbocycles. The lowest BCUT2D eigenvalue weighted by atomic mass is 9.80. The van der Waals surface area contributed by atoms with Crippen molar-refractivity contribution >= 4 is 45.4 Å². The van der Waals surface area contributed by atoms with E-state index in [1.54, 1.807) is 50.6 Å². The van der Waals surface area contributed by atoms with Crippen LogP contribution in [0.15, 0.2) is 48.8 Å². The first kappa shape index (κ1) is 29.3. The number of anilines is 2. The van der Waals surface area contributed by atoms with Gasteiger partial charge in [-0.2, -0.15) is 0 Å². The van der Waals surface area contributed by atoms with Crippen molar-refractivity contribution < 1.29 is 23.5 Å². The summed E-state index contributed by atoms with van der Waals surface area (Å²) in [7, 11) is 0. The number of hydrogen-bond donors (Lipinski definition) is 2. The summed E-state index contributed by atoms with van der Waals surface area (Å²) in [5, 5.41) is 1.45. The molecule has 0 aliphatic heterocycles. The Hall–Kier alpha value is -4.21. The normalized spacial score (nSPS) is 22.3. The fourth-order valence-electron chi connectivity index (χ4n) is 5.91. The fourth-order valence-corrected chi connectivity index (χ4v) is 5.91. The highest BCUT2D eigenvalue weighted by Gasteiger charge is 2.56. The van der Waals surface area contributed by atoms with E-state index in [1.165, 1.54) is 0 Å². The third-order valence-corrected chi connectivity index (χ3v) is 8.33. The number of aromatic nitrogens is 3. The number of aryl methyl sites for hydroxylation is 1. The number of rotatable bonds is 8. The SMILES string of the molecule is CC(C)C(=O)O[C@H]1[C@H](n2ccc3c(N)ncc(F)c32)C[C@](C)(CCc2ccc3nc(N)ccc3c2)[C@H]1OC(=O)C(C)C. The number of nitrogen functional groups attached to an aromatic ring is 2. The van der Waals surface area contributed by atoms with Crippen LogP contribution in [0.3, 0.4) is 0 Å². The third-order valence-electron chi connectivity index (χ3n) is 8.33. The van der Waals surface area contributed by atoms with Gasteiger partial charge in [0.2, 0.25) is 0 Å². The molecule has 1 aliphatic carbocycles. The van der Waals surface area contributed by atoms with Crippen LogP contribution in [0.4, 0.5) is 16.0 Å². The van der Waals surface area contributed by atoms with Crippen LogP contribution in [0.2, 0.25) is 0 Å². The molecule has 1 aromatic carbocycles. The van der Waals surface area contributed by atoms with E-state index in [9.17, 15) is 9.59 Å². The van der Waals surface area contributed by atoms with Crippen LogP contribution in [0.1, 0.15) is 59.1 Å². The van der Waals surface area contributed by atoms with Gasteiger partial charge in [-0.3, -0.25) is 9.59 Å². The largest absolute Gasteiger partial charge is 0.458 e. The van der Waals surface area contributed by atoms with Crippen LogP contribution < -0.4 is 11.5 Å². The smallest absolute Gasteiger partial charge is 0.308 e. The van der Waals surface area contributed by atoms with E-state index < -0.39 is 41.4 Å². The molecule has 0 amide bonds. The van der Waals surface area contributed by atoms with Gasteiger partial charge in [0, 0.05) is 22.4 Å². The van der Waals surface area contributed by atoms with Gasteiger partial charge >= 0.3 is 11.9 Å². The van der Waals surface area contributed by atoms with Crippen molar-refractivity contribution in [2.75, 3.05) is 11.5 Å². The van der Waals surface area contributed by atoms with Gasteiger partial charge in [0.05, 0.1) is 35.1 Å². The van der Waals surface area contributed by atoms with Gasteiger partial charge in [-0.1, -0.05) is 40.7 Å². The maximum atomic E-state index is 15.2. The number of carbonyl (C=O) groups is 2. The van der Waals surface area contributed by atoms with Gasteiger partial charge in [-0.25, -0.2) is 14.4 Å². The molecule has 10 heteroatoms. The van der Waals surface area contributed by atoms with Crippen molar-refractivity contribution in [3.63, 3.8) is 0 Å². The molecule has 222 valence electrons. The van der Waals surface area contributed by atoms with E-state index in [1.807, 2.05) is 25.1 Å². The summed E-state index contributed by atoms with van der Waals surface area (Å²) in [6, 6.07) is 10.9. The highest BCUT2D eigenvalue weighted by atomic mass is 19.1. The maximum absolute atomic E-state index is 15.2. The second-order valence-corrected chi connectivity index (χ2v) is 12.2. The first-order valence-corrected chi connectivity index (χ1v) is 14.3. The van der Waals surface area contributed by atoms with Crippen molar-refractivity contribution in [3.8, 4) is 0 Å². The standard InChI is InChI=1S/C32H38FN5O4/c1-17(2)30(39)41-27-24(38-13-11-21-26(38)22(33)16-36-29(21)35)15-32(5,28(27)42-31(40)18(3)4)12-10-19-6-8-23-20(14-19)7-9-25(34)37-23/h6-9,11,13-14,16-18,24,27-28H,10,12,15H2,1-5H3,(H2,34,37)(H2,35,36)/t24-,27+,28+,32+/m1/s1. The van der Waals surface area contributed by atoms with E-state index >= 15 is 4.39 Å². The predicted octanol–water partition coefficient (Wildman–Crippen LogP) is 5.61. The predicted molar refractivity (Wildman–Crippen MR) is 160 cm³/mol. The molecule has 3 aromatic heterocycles. The first-order valence-electron chi connectivity index (χ1n) is 14.3. The quantitative estimate of drug-likeness (QED) is 0.259. The number of ether oxygens (including phenoxy) is 2. The van der Waals surface area contributed by atoms with E-state index in [-0.39, 0.29) is 23.2 Å². The second-order valence-electron chi connectivity index (χ2n) is 12.2. The van der Waals surface area contributed by atoms with Crippen molar-refractivity contribution in [1.82, 2.24) is 14.5 Å². The van der Waals surface area contributed by atoms with E-state index in [0.29, 0.717) is 30.5 Å². The number of carbonyl (C=O) groups excluding carboxylic acids is 2. The highest BCUT2D eigenvalue weighted by Crippen LogP contribution is 2.51. The lowest BCUT2D eigenvalue weighted by Gasteiger charge is -2.34. The van der Waals surface area contributed by atoms with Gasteiger partial charge in [0.1, 0.15) is 17.7 Å². The highest BCUT2D eigenvalue weighted by molar-refractivity contribution is 5.89. The number of fused-ring (bicyclic) bond motifs is 2. The van der Waals surface area contributed by atoms with Crippen molar-refractivity contribution in [1.29, 1.82) is 0 Å². The first-order chi connectivity index (χ1) is 19.9. The van der Waals surface area contributed by atoms with Crippen LogP contribution in [0, 0.1) is 23.1 Å². The summed E-state index contributed by atoms with van der Waals surface area (Å²) in [6.07, 6.45) is 2.98. The van der Waals surface area contributed by atoms with Crippen LogP contribution in [0.25, 0.3) is 21.8 Å². The molecule has 4 N–H and O–H groups in total. The molecule has 42 heavy (non-hydrogen) atoms. The van der Waals surface area contributed by atoms with Crippen LogP contribution in [0.5, 0.6) is 0 Å². The number of halogens is 1. The minimum Gasteiger partial charge on any atom is -0.458 e. The van der Waals surface area contributed by atoms with Crippen molar-refractivity contribution in [2.45, 2.75) is 72.1 Å². The topological polar surface area (TPSA) is 135 Å². The molecule has 1 fully saturated rings. The summed E-state index contributed by atoms with van der Waals surface area (Å²) >= 11 is 0. The summed E-state index contributed by atoms with van der Waals surface area (Å²) in [5.41, 5.74) is 13.5. The van der Waals surface area contributed by atoms with Gasteiger partial charge in [-0.05, 0) is 55.2 Å². The van der Waals surface area contributed by atoms with Crippen LogP contribution in [-0.2, 0) is 25.5 Å². The number of nitrogens with two attached hydrogens (primary N) is 2. The van der Waals surface area contributed by atoms with E-state index in [0.717, 1.165) is 22.7 Å². The summed E-state index contributed by atoms with van der Waals surface area (Å²) in [5.74, 6) is -1.46. The minimum atomic E-state index is -0.847. The molecule has 4 atom stereocenters. The Balaban J connectivity index is 1.56. The summed E-state index contributed by atoms with van der Waals surface area (Å²) in [6.45, 7) is 9.08. The van der Waals surface area contributed by atoms with Gasteiger partial charge in [0.15, 0.2) is 11.9 Å². The number of benzene rings is 1. The second kappa shape index (κ2) is 11.2. The van der Waals surface area contributed by atoms with Crippen molar-refractivity contribution in [2.24, 2.45) is 17.3 Å². The van der Waals surface area contributed by atoms with E-state index in [2.05, 4.69) is 16.0 Å². The average Bonchev–Trinajstić information content (AvgIpc) is 3.50. The molecular weight excluding hydrogens is 537 g/mol. The lowest BCUT2D eigenvalue weighted by molar-refractivity contribution is -0.177. The molecule has 0 saturated heterocycles. The monoisotopic (exact) mass is 575 g/mol. The number of nitrogens with zero attached hydrogens (tertiary/aromatic N) is 3. The Morgan fingerprint density at radius 3 is 2.50 bits per heavy atom. The molecule has 0 bridgehead atoms. The van der Waals surface area contributed by atoms with Gasteiger partial charge in [0.25, 0.3) is 0 Å².